The molecule has 0 aliphatic heterocycles. The number of carbonyl (C=O) groups excluding carboxylic acids is 2. The van der Waals surface area contributed by atoms with Gasteiger partial charge in [-0.2, -0.15) is 0 Å². The topological polar surface area (TPSA) is 86.8 Å². The Hall–Kier alpha value is -3.72. The third-order valence-electron chi connectivity index (χ3n) is 6.27. The lowest BCUT2D eigenvalue weighted by molar-refractivity contribution is -0.140. The van der Waals surface area contributed by atoms with Crippen LogP contribution in [0.15, 0.2) is 83.8 Å². The number of sulfonamides is 1. The number of halogens is 1. The van der Waals surface area contributed by atoms with E-state index in [4.69, 9.17) is 0 Å². The molecule has 1 N–H and O–H groups in total. The minimum Gasteiger partial charge on any atom is -0.354 e. The fourth-order valence-corrected chi connectivity index (χ4v) is 5.59. The molecule has 3 aromatic carbocycles. The van der Waals surface area contributed by atoms with Crippen molar-refractivity contribution in [1.82, 2.24) is 10.2 Å². The van der Waals surface area contributed by atoms with Crippen molar-refractivity contribution in [2.75, 3.05) is 17.4 Å². The smallest absolute Gasteiger partial charge is 0.264 e. The van der Waals surface area contributed by atoms with Gasteiger partial charge in [0, 0.05) is 13.1 Å². The summed E-state index contributed by atoms with van der Waals surface area (Å²) in [4.78, 5) is 28.3. The lowest BCUT2D eigenvalue weighted by atomic mass is 10.1. The molecule has 0 bridgehead atoms. The van der Waals surface area contributed by atoms with E-state index < -0.39 is 34.3 Å². The average molecular weight is 540 g/mol. The maximum Gasteiger partial charge on any atom is 0.264 e. The SMILES string of the molecule is CCCNC(=O)[C@H](CC)N(Cc1ccccc1C)C(=O)CN(c1ccccc1F)S(=O)(=O)c1ccccc1. The third kappa shape index (κ3) is 6.77. The van der Waals surface area contributed by atoms with Crippen LogP contribution in [0.4, 0.5) is 10.1 Å². The molecule has 0 aromatic heterocycles. The first-order valence-electron chi connectivity index (χ1n) is 12.6. The van der Waals surface area contributed by atoms with Gasteiger partial charge in [0.2, 0.25) is 11.8 Å². The average Bonchev–Trinajstić information content (AvgIpc) is 2.92. The van der Waals surface area contributed by atoms with Crippen molar-refractivity contribution >= 4 is 27.5 Å². The second-order valence-electron chi connectivity index (χ2n) is 8.94. The molecular formula is C29H34FN3O4S. The Morgan fingerprint density at radius 2 is 1.55 bits per heavy atom. The molecule has 1 atom stereocenters. The normalized spacial score (nSPS) is 12.0. The molecule has 0 saturated carbocycles. The zero-order chi connectivity index (χ0) is 27.7. The van der Waals surface area contributed by atoms with Gasteiger partial charge < -0.3 is 10.2 Å². The van der Waals surface area contributed by atoms with E-state index in [0.717, 1.165) is 27.9 Å². The Morgan fingerprint density at radius 1 is 0.921 bits per heavy atom. The number of carbonyl (C=O) groups is 2. The van der Waals surface area contributed by atoms with Crippen molar-refractivity contribution in [2.45, 2.75) is 51.1 Å². The fraction of sp³-hybridized carbons (Fsp3) is 0.310. The summed E-state index contributed by atoms with van der Waals surface area (Å²) in [6.45, 7) is 5.50. The van der Waals surface area contributed by atoms with Gasteiger partial charge in [-0.05, 0) is 55.2 Å². The zero-order valence-electron chi connectivity index (χ0n) is 21.9. The lowest BCUT2D eigenvalue weighted by Crippen LogP contribution is -2.52. The summed E-state index contributed by atoms with van der Waals surface area (Å²) in [6, 6.07) is 19.6. The van der Waals surface area contributed by atoms with Gasteiger partial charge >= 0.3 is 0 Å². The van der Waals surface area contributed by atoms with Crippen molar-refractivity contribution in [3.8, 4) is 0 Å². The number of hydrogen-bond acceptors (Lipinski definition) is 4. The Morgan fingerprint density at radius 3 is 2.18 bits per heavy atom. The summed E-state index contributed by atoms with van der Waals surface area (Å²) >= 11 is 0. The molecule has 7 nitrogen and oxygen atoms in total. The molecule has 2 amide bonds. The van der Waals surface area contributed by atoms with Gasteiger partial charge in [-0.1, -0.05) is 68.4 Å². The van der Waals surface area contributed by atoms with E-state index in [2.05, 4.69) is 5.32 Å². The van der Waals surface area contributed by atoms with E-state index in [1.165, 1.54) is 35.2 Å². The highest BCUT2D eigenvalue weighted by molar-refractivity contribution is 7.92. The van der Waals surface area contributed by atoms with Crippen LogP contribution in [0.2, 0.25) is 0 Å². The Kier molecular flexibility index (Phi) is 10.0. The van der Waals surface area contributed by atoms with Crippen LogP contribution in [0, 0.1) is 12.7 Å². The molecule has 0 aliphatic carbocycles. The van der Waals surface area contributed by atoms with Crippen LogP contribution in [0.5, 0.6) is 0 Å². The van der Waals surface area contributed by atoms with E-state index in [-0.39, 0.29) is 23.0 Å². The van der Waals surface area contributed by atoms with E-state index >= 15 is 0 Å². The number of anilines is 1. The fourth-order valence-electron chi connectivity index (χ4n) is 4.14. The highest BCUT2D eigenvalue weighted by Gasteiger charge is 2.34. The minimum atomic E-state index is -4.31. The molecule has 0 heterocycles. The third-order valence-corrected chi connectivity index (χ3v) is 8.04. The van der Waals surface area contributed by atoms with E-state index in [0.29, 0.717) is 13.0 Å². The lowest BCUT2D eigenvalue weighted by Gasteiger charge is -2.33. The molecular weight excluding hydrogens is 505 g/mol. The largest absolute Gasteiger partial charge is 0.354 e. The maximum absolute atomic E-state index is 14.9. The standard InChI is InChI=1S/C29H34FN3O4S/c1-4-19-31-29(35)26(5-2)32(20-23-14-10-9-13-22(23)3)28(34)21-33(27-18-12-11-17-25(27)30)38(36,37)24-15-7-6-8-16-24/h6-18,26H,4-5,19-21H2,1-3H3,(H,31,35)/t26-/m0/s1. The van der Waals surface area contributed by atoms with Crippen LogP contribution >= 0.6 is 0 Å². The summed E-state index contributed by atoms with van der Waals surface area (Å²) in [7, 11) is -4.31. The predicted octanol–water partition coefficient (Wildman–Crippen LogP) is 4.66. The summed E-state index contributed by atoms with van der Waals surface area (Å²) in [5, 5.41) is 2.84. The van der Waals surface area contributed by atoms with E-state index in [9.17, 15) is 22.4 Å². The molecule has 0 aliphatic rings. The molecule has 3 rings (SSSR count). The number of rotatable bonds is 12. The Balaban J connectivity index is 2.06. The first-order chi connectivity index (χ1) is 18.2. The molecule has 38 heavy (non-hydrogen) atoms. The number of amides is 2. The first kappa shape index (κ1) is 28.8. The second kappa shape index (κ2) is 13.2. The maximum atomic E-state index is 14.9. The van der Waals surface area contributed by atoms with Crippen LogP contribution in [0.25, 0.3) is 0 Å². The molecule has 0 radical (unpaired) electrons. The molecule has 202 valence electrons. The van der Waals surface area contributed by atoms with Crippen molar-refractivity contribution in [3.05, 3.63) is 95.8 Å². The van der Waals surface area contributed by atoms with Crippen LogP contribution in [0.1, 0.15) is 37.8 Å². The number of para-hydroxylation sites is 1. The first-order valence-corrected chi connectivity index (χ1v) is 14.1. The van der Waals surface area contributed by atoms with Crippen molar-refractivity contribution < 1.29 is 22.4 Å². The van der Waals surface area contributed by atoms with Crippen LogP contribution in [-0.2, 0) is 26.2 Å². The molecule has 3 aromatic rings. The summed E-state index contributed by atoms with van der Waals surface area (Å²) in [5.41, 5.74) is 1.51. The monoisotopic (exact) mass is 539 g/mol. The van der Waals surface area contributed by atoms with Gasteiger partial charge in [0.25, 0.3) is 10.0 Å². The van der Waals surface area contributed by atoms with Crippen LogP contribution < -0.4 is 9.62 Å². The van der Waals surface area contributed by atoms with Crippen molar-refractivity contribution in [1.29, 1.82) is 0 Å². The summed E-state index contributed by atoms with van der Waals surface area (Å²) in [6.07, 6.45) is 1.04. The highest BCUT2D eigenvalue weighted by Crippen LogP contribution is 2.27. The zero-order valence-corrected chi connectivity index (χ0v) is 22.7. The molecule has 0 saturated heterocycles. The van der Waals surface area contributed by atoms with Gasteiger partial charge in [0.15, 0.2) is 0 Å². The van der Waals surface area contributed by atoms with Crippen LogP contribution in [-0.4, -0.2) is 44.3 Å². The number of hydrogen-bond donors (Lipinski definition) is 1. The van der Waals surface area contributed by atoms with Crippen molar-refractivity contribution in [2.24, 2.45) is 0 Å². The Bertz CT molecular complexity index is 1350. The number of aryl methyl sites for hydroxylation is 1. The molecule has 9 heteroatoms. The van der Waals surface area contributed by atoms with Gasteiger partial charge in [-0.3, -0.25) is 13.9 Å². The predicted molar refractivity (Wildman–Crippen MR) is 146 cm³/mol. The van der Waals surface area contributed by atoms with Crippen molar-refractivity contribution in [3.63, 3.8) is 0 Å². The molecule has 0 fully saturated rings. The minimum absolute atomic E-state index is 0.0748. The van der Waals surface area contributed by atoms with Gasteiger partial charge in [-0.15, -0.1) is 0 Å². The van der Waals surface area contributed by atoms with Gasteiger partial charge in [-0.25, -0.2) is 12.8 Å². The van der Waals surface area contributed by atoms with E-state index in [1.807, 2.05) is 38.1 Å². The highest BCUT2D eigenvalue weighted by atomic mass is 32.2. The number of benzene rings is 3. The Labute approximate surface area is 224 Å². The van der Waals surface area contributed by atoms with Crippen LogP contribution in [0.3, 0.4) is 0 Å². The molecule has 0 unspecified atom stereocenters. The number of nitrogens with one attached hydrogen (secondary N) is 1. The van der Waals surface area contributed by atoms with E-state index in [1.54, 1.807) is 25.1 Å². The summed E-state index contributed by atoms with van der Waals surface area (Å²) in [5.74, 6) is -1.72. The quantitative estimate of drug-likeness (QED) is 0.363. The second-order valence-corrected chi connectivity index (χ2v) is 10.8. The number of nitrogens with zero attached hydrogens (tertiary/aromatic N) is 2. The summed E-state index contributed by atoms with van der Waals surface area (Å²) < 4.78 is 43.1. The van der Waals surface area contributed by atoms with Gasteiger partial charge in [0.05, 0.1) is 10.6 Å². The molecule has 0 spiro atoms. The van der Waals surface area contributed by atoms with Gasteiger partial charge in [0.1, 0.15) is 18.4 Å².